The van der Waals surface area contributed by atoms with Crippen molar-refractivity contribution in [2.45, 2.75) is 31.1 Å². The number of hydrogen-bond donors (Lipinski definition) is 1. The van der Waals surface area contributed by atoms with Gasteiger partial charge in [-0.15, -0.1) is 0 Å². The first-order valence-electron chi connectivity index (χ1n) is 12.1. The number of rotatable bonds is 7. The fraction of sp³-hybridized carbons (Fsp3) is 0.241. The van der Waals surface area contributed by atoms with Crippen molar-refractivity contribution in [2.75, 3.05) is 12.4 Å². The zero-order chi connectivity index (χ0) is 25.1. The number of aryl methyl sites for hydroxylation is 1. The number of carbonyl (C=O) groups is 2. The van der Waals surface area contributed by atoms with E-state index in [4.69, 9.17) is 4.74 Å². The normalized spacial score (nSPS) is 15.4. The molecule has 1 atom stereocenters. The van der Waals surface area contributed by atoms with E-state index in [2.05, 4.69) is 16.0 Å². The molecule has 1 aliphatic rings. The van der Waals surface area contributed by atoms with Crippen molar-refractivity contribution in [3.05, 3.63) is 95.6 Å². The SMILES string of the molecule is CCOc1ccccc1CN1C(=O)CSc2c(c3ccccc3n2C)C1C(=O)NCc1ccccc1. The lowest BCUT2D eigenvalue weighted by atomic mass is 10.0. The van der Waals surface area contributed by atoms with E-state index in [0.717, 1.165) is 38.4 Å². The summed E-state index contributed by atoms with van der Waals surface area (Å²) in [5.74, 6) is 0.718. The summed E-state index contributed by atoms with van der Waals surface area (Å²) < 4.78 is 7.94. The van der Waals surface area contributed by atoms with Gasteiger partial charge in [0.25, 0.3) is 0 Å². The number of nitrogens with one attached hydrogen (secondary N) is 1. The van der Waals surface area contributed by atoms with Crippen molar-refractivity contribution in [3.63, 3.8) is 0 Å². The third-order valence-corrected chi connectivity index (χ3v) is 7.66. The second-order valence-electron chi connectivity index (χ2n) is 8.75. The van der Waals surface area contributed by atoms with Gasteiger partial charge in [-0.05, 0) is 24.6 Å². The van der Waals surface area contributed by atoms with Crippen LogP contribution >= 0.6 is 11.8 Å². The zero-order valence-corrected chi connectivity index (χ0v) is 21.3. The van der Waals surface area contributed by atoms with Crippen LogP contribution in [0, 0.1) is 0 Å². The maximum Gasteiger partial charge on any atom is 0.247 e. The number of nitrogens with zero attached hydrogens (tertiary/aromatic N) is 2. The molecule has 1 aliphatic heterocycles. The number of amides is 2. The van der Waals surface area contributed by atoms with Gasteiger partial charge in [-0.1, -0.05) is 78.5 Å². The molecule has 0 spiro atoms. The summed E-state index contributed by atoms with van der Waals surface area (Å²) in [6.45, 7) is 3.13. The molecule has 1 aromatic heterocycles. The molecule has 36 heavy (non-hydrogen) atoms. The van der Waals surface area contributed by atoms with Crippen LogP contribution in [-0.4, -0.2) is 33.6 Å². The van der Waals surface area contributed by atoms with Gasteiger partial charge < -0.3 is 19.5 Å². The van der Waals surface area contributed by atoms with Gasteiger partial charge in [0.05, 0.1) is 23.9 Å². The van der Waals surface area contributed by atoms with Crippen LogP contribution in [0.2, 0.25) is 0 Å². The Morgan fingerprint density at radius 1 is 1.03 bits per heavy atom. The number of ether oxygens (including phenoxy) is 1. The third-order valence-electron chi connectivity index (χ3n) is 6.50. The van der Waals surface area contributed by atoms with E-state index < -0.39 is 6.04 Å². The molecule has 4 aromatic rings. The smallest absolute Gasteiger partial charge is 0.247 e. The van der Waals surface area contributed by atoms with E-state index in [1.54, 1.807) is 4.90 Å². The van der Waals surface area contributed by atoms with Crippen LogP contribution in [0.3, 0.4) is 0 Å². The third kappa shape index (κ3) is 4.58. The largest absolute Gasteiger partial charge is 0.494 e. The van der Waals surface area contributed by atoms with Crippen molar-refractivity contribution in [1.82, 2.24) is 14.8 Å². The van der Waals surface area contributed by atoms with Crippen molar-refractivity contribution in [2.24, 2.45) is 7.05 Å². The molecule has 1 unspecified atom stereocenters. The molecule has 0 saturated heterocycles. The number of fused-ring (bicyclic) bond motifs is 3. The molecule has 0 radical (unpaired) electrons. The highest BCUT2D eigenvalue weighted by Gasteiger charge is 2.39. The van der Waals surface area contributed by atoms with Crippen molar-refractivity contribution in [3.8, 4) is 5.75 Å². The molecule has 7 heteroatoms. The van der Waals surface area contributed by atoms with Crippen molar-refractivity contribution in [1.29, 1.82) is 0 Å². The maximum atomic E-state index is 13.9. The Balaban J connectivity index is 1.60. The second-order valence-corrected chi connectivity index (χ2v) is 9.72. The average Bonchev–Trinajstić information content (AvgIpc) is 3.09. The monoisotopic (exact) mass is 499 g/mol. The summed E-state index contributed by atoms with van der Waals surface area (Å²) in [5.41, 5.74) is 3.80. The molecule has 0 bridgehead atoms. The van der Waals surface area contributed by atoms with Gasteiger partial charge in [0.15, 0.2) is 0 Å². The van der Waals surface area contributed by atoms with Gasteiger partial charge in [0.1, 0.15) is 11.8 Å². The predicted octanol–water partition coefficient (Wildman–Crippen LogP) is 5.07. The van der Waals surface area contributed by atoms with E-state index in [9.17, 15) is 9.59 Å². The minimum atomic E-state index is -0.771. The van der Waals surface area contributed by atoms with E-state index in [0.29, 0.717) is 13.2 Å². The van der Waals surface area contributed by atoms with Crippen molar-refractivity contribution < 1.29 is 14.3 Å². The quantitative estimate of drug-likeness (QED) is 0.386. The van der Waals surface area contributed by atoms with Crippen LogP contribution in [0.15, 0.2) is 83.9 Å². The number of aromatic nitrogens is 1. The maximum absolute atomic E-state index is 13.9. The lowest BCUT2D eigenvalue weighted by Gasteiger charge is -2.30. The fourth-order valence-electron chi connectivity index (χ4n) is 4.80. The fourth-order valence-corrected chi connectivity index (χ4v) is 5.89. The molecule has 5 rings (SSSR count). The molecule has 2 amide bonds. The highest BCUT2D eigenvalue weighted by atomic mass is 32.2. The topological polar surface area (TPSA) is 63.6 Å². The van der Waals surface area contributed by atoms with E-state index in [-0.39, 0.29) is 24.1 Å². The minimum Gasteiger partial charge on any atom is -0.494 e. The molecule has 3 aromatic carbocycles. The molecule has 6 nitrogen and oxygen atoms in total. The summed E-state index contributed by atoms with van der Waals surface area (Å²) in [6, 6.07) is 24.8. The molecule has 2 heterocycles. The average molecular weight is 500 g/mol. The number of para-hydroxylation sites is 2. The Morgan fingerprint density at radius 3 is 2.56 bits per heavy atom. The molecular formula is C29H29N3O3S. The molecule has 1 N–H and O–H groups in total. The summed E-state index contributed by atoms with van der Waals surface area (Å²) in [6.07, 6.45) is 0. The lowest BCUT2D eigenvalue weighted by molar-refractivity contribution is -0.139. The Hall–Kier alpha value is -3.71. The van der Waals surface area contributed by atoms with Crippen LogP contribution in [0.4, 0.5) is 0 Å². The molecule has 0 fully saturated rings. The van der Waals surface area contributed by atoms with E-state index in [1.165, 1.54) is 11.8 Å². The summed E-state index contributed by atoms with van der Waals surface area (Å²) in [5, 5.41) is 5.04. The van der Waals surface area contributed by atoms with E-state index in [1.807, 2.05) is 86.8 Å². The van der Waals surface area contributed by atoms with Crippen LogP contribution in [0.5, 0.6) is 5.75 Å². The standard InChI is InChI=1S/C29H29N3O3S/c1-3-35-24-16-10-7-13-21(24)18-32-25(33)19-36-29-26(22-14-8-9-15-23(22)31(29)2)27(32)28(34)30-17-20-11-5-4-6-12-20/h4-16,27H,3,17-19H2,1-2H3,(H,30,34). The number of carbonyl (C=O) groups excluding carboxylic acids is 2. The lowest BCUT2D eigenvalue weighted by Crippen LogP contribution is -2.43. The number of thioether (sulfide) groups is 1. The molecule has 0 saturated carbocycles. The van der Waals surface area contributed by atoms with Crippen LogP contribution < -0.4 is 10.1 Å². The van der Waals surface area contributed by atoms with Gasteiger partial charge in [0.2, 0.25) is 11.8 Å². The second kappa shape index (κ2) is 10.5. The Kier molecular flexibility index (Phi) is 7.00. The van der Waals surface area contributed by atoms with E-state index >= 15 is 0 Å². The Labute approximate surface area is 215 Å². The van der Waals surface area contributed by atoms with Gasteiger partial charge >= 0.3 is 0 Å². The van der Waals surface area contributed by atoms with Crippen LogP contribution in [0.25, 0.3) is 10.9 Å². The van der Waals surface area contributed by atoms with Crippen LogP contribution in [0.1, 0.15) is 29.7 Å². The predicted molar refractivity (Wildman–Crippen MR) is 143 cm³/mol. The zero-order valence-electron chi connectivity index (χ0n) is 20.4. The molecule has 0 aliphatic carbocycles. The van der Waals surface area contributed by atoms with Crippen LogP contribution in [-0.2, 0) is 29.7 Å². The van der Waals surface area contributed by atoms with Gasteiger partial charge in [-0.2, -0.15) is 0 Å². The summed E-state index contributed by atoms with van der Waals surface area (Å²) >= 11 is 1.49. The minimum absolute atomic E-state index is 0.0774. The summed E-state index contributed by atoms with van der Waals surface area (Å²) in [7, 11) is 2.00. The highest BCUT2D eigenvalue weighted by molar-refractivity contribution is 8.00. The van der Waals surface area contributed by atoms with Crippen molar-refractivity contribution >= 4 is 34.5 Å². The number of benzene rings is 3. The van der Waals surface area contributed by atoms with Gasteiger partial charge in [-0.3, -0.25) is 9.59 Å². The van der Waals surface area contributed by atoms with Gasteiger partial charge in [0, 0.05) is 35.6 Å². The molecular weight excluding hydrogens is 470 g/mol. The Morgan fingerprint density at radius 2 is 1.75 bits per heavy atom. The first-order valence-corrected chi connectivity index (χ1v) is 13.1. The number of hydrogen-bond acceptors (Lipinski definition) is 4. The first-order chi connectivity index (χ1) is 17.6. The first kappa shape index (κ1) is 24.0. The Bertz CT molecular complexity index is 1400. The van der Waals surface area contributed by atoms with Gasteiger partial charge in [-0.25, -0.2) is 0 Å². The molecule has 184 valence electrons. The summed E-state index contributed by atoms with van der Waals surface area (Å²) in [4.78, 5) is 29.2. The highest BCUT2D eigenvalue weighted by Crippen LogP contribution is 2.42.